The highest BCUT2D eigenvalue weighted by Crippen LogP contribution is 2.23. The number of hydrogen-bond donors (Lipinski definition) is 2. The molecule has 0 spiro atoms. The Bertz CT molecular complexity index is 878. The predicted molar refractivity (Wildman–Crippen MR) is 103 cm³/mol. The SMILES string of the molecule is Cc1[nH]c(SC(C)C(=O)NC2CCS(=O)(=O)C2)nc1Cc1ccccc1. The molecule has 140 valence electrons. The van der Waals surface area contributed by atoms with Crippen LogP contribution < -0.4 is 5.32 Å². The average molecular weight is 394 g/mol. The highest BCUT2D eigenvalue weighted by atomic mass is 32.2. The van der Waals surface area contributed by atoms with Gasteiger partial charge in [-0.1, -0.05) is 42.1 Å². The van der Waals surface area contributed by atoms with Crippen molar-refractivity contribution in [3.63, 3.8) is 0 Å². The first-order valence-electron chi connectivity index (χ1n) is 8.59. The summed E-state index contributed by atoms with van der Waals surface area (Å²) in [5.41, 5.74) is 3.14. The number of aromatic amines is 1. The summed E-state index contributed by atoms with van der Waals surface area (Å²) in [6.07, 6.45) is 1.23. The van der Waals surface area contributed by atoms with E-state index in [2.05, 4.69) is 27.4 Å². The molecule has 26 heavy (non-hydrogen) atoms. The maximum atomic E-state index is 12.3. The monoisotopic (exact) mass is 393 g/mol. The van der Waals surface area contributed by atoms with Gasteiger partial charge in [-0.3, -0.25) is 4.79 Å². The number of aryl methyl sites for hydroxylation is 1. The second-order valence-electron chi connectivity index (χ2n) is 6.64. The van der Waals surface area contributed by atoms with Crippen LogP contribution in [0.4, 0.5) is 0 Å². The second kappa shape index (κ2) is 7.84. The van der Waals surface area contributed by atoms with Gasteiger partial charge in [0, 0.05) is 18.2 Å². The molecule has 1 fully saturated rings. The van der Waals surface area contributed by atoms with Crippen molar-refractivity contribution in [3.8, 4) is 0 Å². The van der Waals surface area contributed by atoms with E-state index in [-0.39, 0.29) is 28.7 Å². The third-order valence-electron chi connectivity index (χ3n) is 4.41. The Hall–Kier alpha value is -1.80. The van der Waals surface area contributed by atoms with E-state index in [1.54, 1.807) is 6.92 Å². The number of rotatable bonds is 6. The van der Waals surface area contributed by atoms with E-state index in [1.165, 1.54) is 17.3 Å². The lowest BCUT2D eigenvalue weighted by Crippen LogP contribution is -2.39. The number of benzene rings is 1. The fourth-order valence-corrected chi connectivity index (χ4v) is 5.49. The van der Waals surface area contributed by atoms with E-state index in [0.717, 1.165) is 17.8 Å². The minimum atomic E-state index is -3.00. The molecule has 0 saturated carbocycles. The van der Waals surface area contributed by atoms with Crippen molar-refractivity contribution < 1.29 is 13.2 Å². The number of thioether (sulfide) groups is 1. The fourth-order valence-electron chi connectivity index (χ4n) is 2.93. The highest BCUT2D eigenvalue weighted by Gasteiger charge is 2.30. The van der Waals surface area contributed by atoms with Crippen LogP contribution in [0.3, 0.4) is 0 Å². The van der Waals surface area contributed by atoms with Crippen molar-refractivity contribution in [2.45, 2.75) is 43.1 Å². The first-order valence-corrected chi connectivity index (χ1v) is 11.3. The van der Waals surface area contributed by atoms with E-state index in [9.17, 15) is 13.2 Å². The van der Waals surface area contributed by atoms with Crippen LogP contribution in [0.5, 0.6) is 0 Å². The number of nitrogens with one attached hydrogen (secondary N) is 2. The number of sulfone groups is 1. The van der Waals surface area contributed by atoms with Crippen LogP contribution in [0, 0.1) is 6.92 Å². The van der Waals surface area contributed by atoms with Gasteiger partial charge >= 0.3 is 0 Å². The summed E-state index contributed by atoms with van der Waals surface area (Å²) in [5, 5.41) is 3.19. The number of aromatic nitrogens is 2. The summed E-state index contributed by atoms with van der Waals surface area (Å²) >= 11 is 1.35. The van der Waals surface area contributed by atoms with Gasteiger partial charge < -0.3 is 10.3 Å². The molecule has 1 aromatic carbocycles. The van der Waals surface area contributed by atoms with Crippen molar-refractivity contribution in [1.82, 2.24) is 15.3 Å². The first kappa shape index (κ1) is 19.0. The Morgan fingerprint density at radius 2 is 2.12 bits per heavy atom. The van der Waals surface area contributed by atoms with E-state index in [4.69, 9.17) is 0 Å². The molecule has 2 aromatic rings. The molecule has 0 radical (unpaired) electrons. The lowest BCUT2D eigenvalue weighted by molar-refractivity contribution is -0.120. The summed E-state index contributed by atoms with van der Waals surface area (Å²) in [6.45, 7) is 3.78. The van der Waals surface area contributed by atoms with Gasteiger partial charge in [0.05, 0.1) is 22.4 Å². The minimum Gasteiger partial charge on any atom is -0.351 e. The summed E-state index contributed by atoms with van der Waals surface area (Å²) < 4.78 is 23.0. The number of imidazole rings is 1. The Morgan fingerprint density at radius 1 is 1.38 bits per heavy atom. The van der Waals surface area contributed by atoms with Crippen molar-refractivity contribution in [2.24, 2.45) is 0 Å². The minimum absolute atomic E-state index is 0.0389. The van der Waals surface area contributed by atoms with E-state index in [0.29, 0.717) is 11.6 Å². The number of amides is 1. The average Bonchev–Trinajstić information content (AvgIpc) is 3.10. The molecule has 2 atom stereocenters. The first-order chi connectivity index (χ1) is 12.3. The van der Waals surface area contributed by atoms with Crippen LogP contribution in [-0.4, -0.2) is 47.1 Å². The van der Waals surface area contributed by atoms with Crippen molar-refractivity contribution in [3.05, 3.63) is 47.3 Å². The van der Waals surface area contributed by atoms with Crippen LogP contribution in [-0.2, 0) is 21.1 Å². The number of carbonyl (C=O) groups excluding carboxylic acids is 1. The maximum Gasteiger partial charge on any atom is 0.233 e. The molecule has 1 aliphatic heterocycles. The Morgan fingerprint density at radius 3 is 2.77 bits per heavy atom. The van der Waals surface area contributed by atoms with Gasteiger partial charge in [0.15, 0.2) is 15.0 Å². The van der Waals surface area contributed by atoms with Crippen molar-refractivity contribution in [2.75, 3.05) is 11.5 Å². The fraction of sp³-hybridized carbons (Fsp3) is 0.444. The van der Waals surface area contributed by atoms with Gasteiger partial charge in [-0.15, -0.1) is 0 Å². The third-order valence-corrected chi connectivity index (χ3v) is 7.17. The molecule has 1 aromatic heterocycles. The molecule has 6 nitrogen and oxygen atoms in total. The zero-order valence-corrected chi connectivity index (χ0v) is 16.5. The predicted octanol–water partition coefficient (Wildman–Crippen LogP) is 2.09. The Kier molecular flexibility index (Phi) is 5.72. The largest absolute Gasteiger partial charge is 0.351 e. The van der Waals surface area contributed by atoms with Crippen LogP contribution in [0.2, 0.25) is 0 Å². The Balaban J connectivity index is 1.58. The van der Waals surface area contributed by atoms with E-state index >= 15 is 0 Å². The molecule has 2 heterocycles. The molecule has 1 aliphatic rings. The molecule has 1 amide bonds. The van der Waals surface area contributed by atoms with Gasteiger partial charge in [0.2, 0.25) is 5.91 Å². The summed E-state index contributed by atoms with van der Waals surface area (Å²) in [7, 11) is -3.00. The molecule has 0 bridgehead atoms. The smallest absolute Gasteiger partial charge is 0.233 e. The summed E-state index contributed by atoms with van der Waals surface area (Å²) in [6, 6.07) is 9.84. The molecule has 2 N–H and O–H groups in total. The van der Waals surface area contributed by atoms with Crippen LogP contribution in [0.15, 0.2) is 35.5 Å². The van der Waals surface area contributed by atoms with Gasteiger partial charge in [-0.05, 0) is 25.8 Å². The zero-order valence-electron chi connectivity index (χ0n) is 14.9. The van der Waals surface area contributed by atoms with Crippen LogP contribution in [0.1, 0.15) is 30.3 Å². The van der Waals surface area contributed by atoms with Gasteiger partial charge in [0.1, 0.15) is 0 Å². The van der Waals surface area contributed by atoms with Crippen molar-refractivity contribution in [1.29, 1.82) is 0 Å². The summed E-state index contributed by atoms with van der Waals surface area (Å²) in [5.74, 6) is 0.0347. The third kappa shape index (κ3) is 4.88. The van der Waals surface area contributed by atoms with Gasteiger partial charge in [-0.25, -0.2) is 13.4 Å². The quantitative estimate of drug-likeness (QED) is 0.733. The van der Waals surface area contributed by atoms with Gasteiger partial charge in [0.25, 0.3) is 0 Å². The second-order valence-corrected chi connectivity index (χ2v) is 10.2. The normalized spacial score (nSPS) is 20.0. The molecule has 8 heteroatoms. The van der Waals surface area contributed by atoms with Crippen LogP contribution in [0.25, 0.3) is 0 Å². The van der Waals surface area contributed by atoms with E-state index in [1.807, 2.05) is 25.1 Å². The molecule has 3 rings (SSSR count). The number of hydrogen-bond acceptors (Lipinski definition) is 5. The van der Waals surface area contributed by atoms with Gasteiger partial charge in [-0.2, -0.15) is 0 Å². The molecule has 2 unspecified atom stereocenters. The standard InChI is InChI=1S/C18H23N3O3S2/c1-12-16(10-14-6-4-3-5-7-14)21-18(19-12)25-13(2)17(22)20-15-8-9-26(23,24)11-15/h3-7,13,15H,8-11H2,1-2H3,(H,19,21)(H,20,22). The maximum absolute atomic E-state index is 12.3. The zero-order chi connectivity index (χ0) is 18.7. The van der Waals surface area contributed by atoms with Crippen molar-refractivity contribution >= 4 is 27.5 Å². The molecule has 0 aliphatic carbocycles. The summed E-state index contributed by atoms with van der Waals surface area (Å²) in [4.78, 5) is 20.2. The molecule has 1 saturated heterocycles. The van der Waals surface area contributed by atoms with Crippen LogP contribution >= 0.6 is 11.8 Å². The lowest BCUT2D eigenvalue weighted by Gasteiger charge is -2.14. The van der Waals surface area contributed by atoms with E-state index < -0.39 is 9.84 Å². The lowest BCUT2D eigenvalue weighted by atomic mass is 10.1. The topological polar surface area (TPSA) is 91.9 Å². The molecular formula is C18H23N3O3S2. The number of nitrogens with zero attached hydrogens (tertiary/aromatic N) is 1. The number of H-pyrrole nitrogens is 1. The highest BCUT2D eigenvalue weighted by molar-refractivity contribution is 8.00. The Labute approximate surface area is 158 Å². The molecular weight excluding hydrogens is 370 g/mol. The number of carbonyl (C=O) groups is 1.